The van der Waals surface area contributed by atoms with Crippen LogP contribution in [-0.2, 0) is 20.9 Å². The Bertz CT molecular complexity index is 415. The summed E-state index contributed by atoms with van der Waals surface area (Å²) in [7, 11) is 0. The molecule has 0 aromatic heterocycles. The first kappa shape index (κ1) is 16.0. The van der Waals surface area contributed by atoms with Crippen molar-refractivity contribution in [3.05, 3.63) is 35.9 Å². The van der Waals surface area contributed by atoms with Crippen LogP contribution in [-0.4, -0.2) is 31.8 Å². The van der Waals surface area contributed by atoms with Gasteiger partial charge in [0.1, 0.15) is 6.61 Å². The number of carbonyl (C=O) groups is 1. The van der Waals surface area contributed by atoms with Gasteiger partial charge >= 0.3 is 5.97 Å². The number of rotatable bonds is 7. The maximum absolute atomic E-state index is 11.9. The Morgan fingerprint density at radius 1 is 1.38 bits per heavy atom. The molecule has 1 aliphatic heterocycles. The van der Waals surface area contributed by atoms with E-state index in [1.807, 2.05) is 37.3 Å². The van der Waals surface area contributed by atoms with Crippen molar-refractivity contribution in [3.8, 4) is 0 Å². The van der Waals surface area contributed by atoms with Crippen LogP contribution in [0.5, 0.6) is 0 Å². The molecule has 4 nitrogen and oxygen atoms in total. The first-order valence-electron chi connectivity index (χ1n) is 7.78. The van der Waals surface area contributed by atoms with Gasteiger partial charge < -0.3 is 14.8 Å². The van der Waals surface area contributed by atoms with Gasteiger partial charge in [-0.3, -0.25) is 4.79 Å². The maximum atomic E-state index is 11.9. The van der Waals surface area contributed by atoms with E-state index in [1.165, 1.54) is 12.8 Å². The number of benzene rings is 1. The molecule has 1 N–H and O–H groups in total. The molecule has 0 amide bonds. The minimum Gasteiger partial charge on any atom is -0.461 e. The highest BCUT2D eigenvalue weighted by molar-refractivity contribution is 5.72. The van der Waals surface area contributed by atoms with Crippen LogP contribution in [0.2, 0.25) is 0 Å². The lowest BCUT2D eigenvalue weighted by Crippen LogP contribution is -2.36. The Balaban J connectivity index is 1.60. The number of carbonyl (C=O) groups excluding carboxylic acids is 1. The van der Waals surface area contributed by atoms with Gasteiger partial charge in [-0.15, -0.1) is 0 Å². The van der Waals surface area contributed by atoms with Crippen molar-refractivity contribution in [1.82, 2.24) is 5.32 Å². The van der Waals surface area contributed by atoms with Gasteiger partial charge in [0.25, 0.3) is 0 Å². The van der Waals surface area contributed by atoms with E-state index in [9.17, 15) is 4.79 Å². The fourth-order valence-electron chi connectivity index (χ4n) is 2.38. The lowest BCUT2D eigenvalue weighted by atomic mass is 10.1. The standard InChI is InChI=1S/C17H25NO3/c1-14(11-18-12-16-9-5-6-10-20-16)17(19)21-13-15-7-3-2-4-8-15/h2-4,7-8,14,16,18H,5-6,9-13H2,1H3. The highest BCUT2D eigenvalue weighted by Crippen LogP contribution is 2.11. The summed E-state index contributed by atoms with van der Waals surface area (Å²) < 4.78 is 11.0. The van der Waals surface area contributed by atoms with Crippen molar-refractivity contribution in [2.75, 3.05) is 19.7 Å². The molecule has 0 bridgehead atoms. The molecule has 4 heteroatoms. The number of ether oxygens (including phenoxy) is 2. The smallest absolute Gasteiger partial charge is 0.310 e. The lowest BCUT2D eigenvalue weighted by molar-refractivity contribution is -0.149. The van der Waals surface area contributed by atoms with Gasteiger partial charge in [-0.05, 0) is 24.8 Å². The second-order valence-electron chi connectivity index (χ2n) is 5.64. The van der Waals surface area contributed by atoms with Crippen LogP contribution in [0.25, 0.3) is 0 Å². The van der Waals surface area contributed by atoms with E-state index in [0.717, 1.165) is 25.1 Å². The van der Waals surface area contributed by atoms with Gasteiger partial charge in [-0.25, -0.2) is 0 Å². The van der Waals surface area contributed by atoms with Crippen LogP contribution >= 0.6 is 0 Å². The fraction of sp³-hybridized carbons (Fsp3) is 0.588. The molecule has 2 unspecified atom stereocenters. The summed E-state index contributed by atoms with van der Waals surface area (Å²) in [4.78, 5) is 11.9. The van der Waals surface area contributed by atoms with Crippen LogP contribution in [0.1, 0.15) is 31.7 Å². The molecule has 0 radical (unpaired) electrons. The van der Waals surface area contributed by atoms with Gasteiger partial charge in [0.2, 0.25) is 0 Å². The summed E-state index contributed by atoms with van der Waals surface area (Å²) >= 11 is 0. The Kier molecular flexibility index (Phi) is 6.70. The minimum atomic E-state index is -0.157. The first-order chi connectivity index (χ1) is 10.3. The Labute approximate surface area is 126 Å². The number of nitrogens with one attached hydrogen (secondary N) is 1. The molecule has 1 aromatic rings. The zero-order valence-electron chi connectivity index (χ0n) is 12.7. The molecule has 0 saturated carbocycles. The Hall–Kier alpha value is -1.39. The average Bonchev–Trinajstić information content (AvgIpc) is 2.54. The molecule has 21 heavy (non-hydrogen) atoms. The second kappa shape index (κ2) is 8.80. The van der Waals surface area contributed by atoms with Crippen molar-refractivity contribution in [2.24, 2.45) is 5.92 Å². The first-order valence-corrected chi connectivity index (χ1v) is 7.78. The van der Waals surface area contributed by atoms with Crippen molar-refractivity contribution in [2.45, 2.75) is 38.9 Å². The van der Waals surface area contributed by atoms with E-state index in [1.54, 1.807) is 0 Å². The van der Waals surface area contributed by atoms with E-state index in [4.69, 9.17) is 9.47 Å². The molecule has 2 atom stereocenters. The predicted molar refractivity (Wildman–Crippen MR) is 81.9 cm³/mol. The van der Waals surface area contributed by atoms with Gasteiger partial charge in [-0.1, -0.05) is 37.3 Å². The zero-order valence-corrected chi connectivity index (χ0v) is 12.7. The lowest BCUT2D eigenvalue weighted by Gasteiger charge is -2.23. The average molecular weight is 291 g/mol. The van der Waals surface area contributed by atoms with E-state index in [0.29, 0.717) is 19.3 Å². The highest BCUT2D eigenvalue weighted by atomic mass is 16.5. The number of hydrogen-bond donors (Lipinski definition) is 1. The van der Waals surface area contributed by atoms with E-state index >= 15 is 0 Å². The van der Waals surface area contributed by atoms with Crippen LogP contribution in [0.15, 0.2) is 30.3 Å². The molecule has 1 saturated heterocycles. The summed E-state index contributed by atoms with van der Waals surface area (Å²) in [5.41, 5.74) is 1.02. The van der Waals surface area contributed by atoms with Gasteiger partial charge in [0, 0.05) is 19.7 Å². The van der Waals surface area contributed by atoms with Crippen LogP contribution < -0.4 is 5.32 Å². The SMILES string of the molecule is CC(CNCC1CCCCO1)C(=O)OCc1ccccc1. The van der Waals surface area contributed by atoms with Gasteiger partial charge in [0.15, 0.2) is 0 Å². The van der Waals surface area contributed by atoms with Crippen molar-refractivity contribution in [3.63, 3.8) is 0 Å². The third-order valence-corrected chi connectivity index (χ3v) is 3.72. The molecular formula is C17H25NO3. The fourth-order valence-corrected chi connectivity index (χ4v) is 2.38. The Morgan fingerprint density at radius 2 is 2.19 bits per heavy atom. The maximum Gasteiger partial charge on any atom is 0.310 e. The molecule has 1 heterocycles. The van der Waals surface area contributed by atoms with E-state index in [2.05, 4.69) is 5.32 Å². The second-order valence-corrected chi connectivity index (χ2v) is 5.64. The Morgan fingerprint density at radius 3 is 2.90 bits per heavy atom. The predicted octanol–water partition coefficient (Wildman–Crippen LogP) is 2.52. The topological polar surface area (TPSA) is 47.6 Å². The normalized spacial score (nSPS) is 20.0. The molecular weight excluding hydrogens is 266 g/mol. The van der Waals surface area contributed by atoms with Crippen molar-refractivity contribution in [1.29, 1.82) is 0 Å². The number of esters is 1. The van der Waals surface area contributed by atoms with Crippen LogP contribution in [0.3, 0.4) is 0 Å². The molecule has 0 spiro atoms. The van der Waals surface area contributed by atoms with Crippen LogP contribution in [0, 0.1) is 5.92 Å². The highest BCUT2D eigenvalue weighted by Gasteiger charge is 2.17. The summed E-state index contributed by atoms with van der Waals surface area (Å²) in [5.74, 6) is -0.298. The molecule has 1 fully saturated rings. The molecule has 2 rings (SSSR count). The minimum absolute atomic E-state index is 0.141. The molecule has 0 aliphatic carbocycles. The van der Waals surface area contributed by atoms with Crippen molar-refractivity contribution >= 4 is 5.97 Å². The van der Waals surface area contributed by atoms with E-state index < -0.39 is 0 Å². The van der Waals surface area contributed by atoms with Crippen LogP contribution in [0.4, 0.5) is 0 Å². The third kappa shape index (κ3) is 5.86. The third-order valence-electron chi connectivity index (χ3n) is 3.72. The molecule has 1 aliphatic rings. The largest absolute Gasteiger partial charge is 0.461 e. The summed E-state index contributed by atoms with van der Waals surface area (Å²) in [6.45, 7) is 4.54. The number of hydrogen-bond acceptors (Lipinski definition) is 4. The van der Waals surface area contributed by atoms with Gasteiger partial charge in [0.05, 0.1) is 12.0 Å². The molecule has 1 aromatic carbocycles. The van der Waals surface area contributed by atoms with E-state index in [-0.39, 0.29) is 11.9 Å². The zero-order chi connectivity index (χ0) is 14.9. The molecule has 116 valence electrons. The quantitative estimate of drug-likeness (QED) is 0.784. The van der Waals surface area contributed by atoms with Gasteiger partial charge in [-0.2, -0.15) is 0 Å². The monoisotopic (exact) mass is 291 g/mol. The summed E-state index contributed by atoms with van der Waals surface area (Å²) in [6.07, 6.45) is 3.81. The summed E-state index contributed by atoms with van der Waals surface area (Å²) in [5, 5.41) is 3.31. The van der Waals surface area contributed by atoms with Crippen molar-refractivity contribution < 1.29 is 14.3 Å². The summed E-state index contributed by atoms with van der Waals surface area (Å²) in [6, 6.07) is 9.75.